The highest BCUT2D eigenvalue weighted by Gasteiger charge is 2.42. The number of rotatable bonds is 8. The lowest BCUT2D eigenvalue weighted by molar-refractivity contribution is 0.0693. The molecule has 3 nitrogen and oxygen atoms in total. The zero-order valence-electron chi connectivity index (χ0n) is 20.6. The number of hydrogen-bond donors (Lipinski definition) is 2. The smallest absolute Gasteiger partial charge is 0.339 e. The van der Waals surface area contributed by atoms with Gasteiger partial charge in [0.25, 0.3) is 0 Å². The summed E-state index contributed by atoms with van der Waals surface area (Å²) < 4.78 is 0. The molecule has 4 aromatic rings. The van der Waals surface area contributed by atoms with Crippen LogP contribution >= 0.6 is 0 Å². The standard InChI is InChI=1S/C32H32O3/c1-4-22-13-7-10-16-27(22)32(28-17-11-8-14-23(28)5-2,29-18-12-9-15-24(29)6-3)25-19-20-30(33)26(21-25)31(34)35/h7-21,33H,4-6H2,1-3H3,(H,34,35). The van der Waals surface area contributed by atoms with Crippen molar-refractivity contribution in [2.75, 3.05) is 0 Å². The Balaban J connectivity index is 2.30. The van der Waals surface area contributed by atoms with E-state index in [-0.39, 0.29) is 11.3 Å². The average Bonchev–Trinajstić information content (AvgIpc) is 2.90. The highest BCUT2D eigenvalue weighted by molar-refractivity contribution is 5.91. The second-order valence-electron chi connectivity index (χ2n) is 8.82. The van der Waals surface area contributed by atoms with E-state index < -0.39 is 11.4 Å². The van der Waals surface area contributed by atoms with Gasteiger partial charge in [-0.05, 0) is 70.3 Å². The summed E-state index contributed by atoms with van der Waals surface area (Å²) in [7, 11) is 0. The maximum absolute atomic E-state index is 12.1. The monoisotopic (exact) mass is 464 g/mol. The molecule has 0 fully saturated rings. The SMILES string of the molecule is CCc1ccccc1C(c1ccc(O)c(C(=O)O)c1)(c1ccccc1CC)c1ccccc1CC. The summed E-state index contributed by atoms with van der Waals surface area (Å²) in [6.07, 6.45) is 2.51. The molecule has 0 saturated heterocycles. The zero-order chi connectivity index (χ0) is 25.0. The number of aryl methyl sites for hydroxylation is 3. The number of hydrogen-bond acceptors (Lipinski definition) is 2. The first-order valence-electron chi connectivity index (χ1n) is 12.3. The molecular weight excluding hydrogens is 432 g/mol. The fourth-order valence-electron chi connectivity index (χ4n) is 5.43. The Morgan fingerprint density at radius 2 is 1.06 bits per heavy atom. The summed E-state index contributed by atoms with van der Waals surface area (Å²) in [6, 6.07) is 30.4. The zero-order valence-corrected chi connectivity index (χ0v) is 20.6. The van der Waals surface area contributed by atoms with Crippen molar-refractivity contribution in [2.24, 2.45) is 0 Å². The van der Waals surface area contributed by atoms with Crippen LogP contribution in [0.3, 0.4) is 0 Å². The molecule has 0 heterocycles. The molecule has 0 aliphatic heterocycles. The first-order chi connectivity index (χ1) is 17.0. The quantitative estimate of drug-likeness (QED) is 0.272. The Morgan fingerprint density at radius 3 is 1.43 bits per heavy atom. The Bertz CT molecular complexity index is 1240. The molecule has 0 bridgehead atoms. The van der Waals surface area contributed by atoms with Crippen LogP contribution in [0.5, 0.6) is 5.75 Å². The minimum absolute atomic E-state index is 0.0937. The molecule has 2 N–H and O–H groups in total. The third-order valence-electron chi connectivity index (χ3n) is 7.07. The van der Waals surface area contributed by atoms with E-state index in [4.69, 9.17) is 0 Å². The van der Waals surface area contributed by atoms with Crippen LogP contribution in [0.4, 0.5) is 0 Å². The Labute approximate surface area is 207 Å². The molecule has 3 heteroatoms. The summed E-state index contributed by atoms with van der Waals surface area (Å²) in [6.45, 7) is 6.46. The molecule has 0 saturated carbocycles. The van der Waals surface area contributed by atoms with Crippen LogP contribution in [0.25, 0.3) is 0 Å². The molecule has 0 amide bonds. The maximum atomic E-state index is 12.1. The largest absolute Gasteiger partial charge is 0.507 e. The van der Waals surface area contributed by atoms with Crippen molar-refractivity contribution in [3.8, 4) is 5.75 Å². The second kappa shape index (κ2) is 10.2. The van der Waals surface area contributed by atoms with Gasteiger partial charge >= 0.3 is 5.97 Å². The molecule has 0 spiro atoms. The topological polar surface area (TPSA) is 57.5 Å². The number of carbonyl (C=O) groups is 1. The summed E-state index contributed by atoms with van der Waals surface area (Å²) in [5.74, 6) is -1.37. The van der Waals surface area contributed by atoms with Crippen molar-refractivity contribution in [3.05, 3.63) is 136 Å². The van der Waals surface area contributed by atoms with Gasteiger partial charge in [-0.1, -0.05) is 99.6 Å². The van der Waals surface area contributed by atoms with Crippen molar-refractivity contribution in [1.29, 1.82) is 0 Å². The Hall–Kier alpha value is -3.85. The van der Waals surface area contributed by atoms with Gasteiger partial charge in [-0.15, -0.1) is 0 Å². The summed E-state index contributed by atoms with van der Waals surface area (Å²) >= 11 is 0. The van der Waals surface area contributed by atoms with Crippen molar-refractivity contribution >= 4 is 5.97 Å². The average molecular weight is 465 g/mol. The molecule has 4 rings (SSSR count). The van der Waals surface area contributed by atoms with Gasteiger partial charge in [0.2, 0.25) is 0 Å². The number of benzene rings is 4. The summed E-state index contributed by atoms with van der Waals surface area (Å²) in [4.78, 5) is 12.1. The highest BCUT2D eigenvalue weighted by Crippen LogP contribution is 2.49. The van der Waals surface area contributed by atoms with E-state index >= 15 is 0 Å². The van der Waals surface area contributed by atoms with Crippen molar-refractivity contribution < 1.29 is 15.0 Å². The predicted molar refractivity (Wildman–Crippen MR) is 142 cm³/mol. The first-order valence-corrected chi connectivity index (χ1v) is 12.3. The third kappa shape index (κ3) is 4.12. The third-order valence-corrected chi connectivity index (χ3v) is 7.07. The predicted octanol–water partition coefficient (Wildman–Crippen LogP) is 7.16. The minimum atomic E-state index is -1.14. The van der Waals surface area contributed by atoms with E-state index in [1.165, 1.54) is 22.8 Å². The second-order valence-corrected chi connectivity index (χ2v) is 8.82. The van der Waals surface area contributed by atoms with Crippen LogP contribution in [-0.4, -0.2) is 16.2 Å². The highest BCUT2D eigenvalue weighted by atomic mass is 16.4. The normalized spacial score (nSPS) is 11.4. The molecule has 178 valence electrons. The van der Waals surface area contributed by atoms with E-state index in [1.807, 2.05) is 6.07 Å². The lowest BCUT2D eigenvalue weighted by atomic mass is 9.61. The van der Waals surface area contributed by atoms with E-state index in [9.17, 15) is 15.0 Å². The van der Waals surface area contributed by atoms with Crippen LogP contribution in [0.1, 0.15) is 70.1 Å². The van der Waals surface area contributed by atoms with Gasteiger partial charge in [0.15, 0.2) is 0 Å². The van der Waals surface area contributed by atoms with Gasteiger partial charge < -0.3 is 10.2 Å². The van der Waals surface area contributed by atoms with Crippen LogP contribution in [0.15, 0.2) is 91.0 Å². The number of aromatic hydroxyl groups is 1. The van der Waals surface area contributed by atoms with Crippen LogP contribution in [0, 0.1) is 0 Å². The van der Waals surface area contributed by atoms with E-state index in [2.05, 4.69) is 93.6 Å². The molecule has 0 aliphatic carbocycles. The molecule has 0 atom stereocenters. The molecule has 0 aromatic heterocycles. The van der Waals surface area contributed by atoms with Gasteiger partial charge in [-0.25, -0.2) is 4.79 Å². The molecule has 0 unspecified atom stereocenters. The van der Waals surface area contributed by atoms with Crippen molar-refractivity contribution in [1.82, 2.24) is 0 Å². The van der Waals surface area contributed by atoms with E-state index in [0.717, 1.165) is 41.5 Å². The van der Waals surface area contributed by atoms with Crippen molar-refractivity contribution in [3.63, 3.8) is 0 Å². The number of carboxylic acids is 1. The minimum Gasteiger partial charge on any atom is -0.507 e. The molecule has 0 aliphatic rings. The molecular formula is C32H32O3. The van der Waals surface area contributed by atoms with E-state index in [0.29, 0.717) is 0 Å². The molecule has 4 aromatic carbocycles. The number of phenols is 1. The van der Waals surface area contributed by atoms with Crippen LogP contribution < -0.4 is 0 Å². The van der Waals surface area contributed by atoms with Crippen molar-refractivity contribution in [2.45, 2.75) is 45.4 Å². The lowest BCUT2D eigenvalue weighted by Crippen LogP contribution is -2.34. The fourth-order valence-corrected chi connectivity index (χ4v) is 5.43. The van der Waals surface area contributed by atoms with Gasteiger partial charge in [-0.2, -0.15) is 0 Å². The number of carboxylic acid groups (broad SMARTS) is 1. The molecule has 35 heavy (non-hydrogen) atoms. The Morgan fingerprint density at radius 1 is 0.657 bits per heavy atom. The van der Waals surface area contributed by atoms with Gasteiger partial charge in [0, 0.05) is 0 Å². The van der Waals surface area contributed by atoms with E-state index in [1.54, 1.807) is 6.07 Å². The van der Waals surface area contributed by atoms with Gasteiger partial charge in [-0.3, -0.25) is 0 Å². The Kier molecular flexibility index (Phi) is 7.07. The van der Waals surface area contributed by atoms with Crippen LogP contribution in [-0.2, 0) is 24.7 Å². The summed E-state index contributed by atoms with van der Waals surface area (Å²) in [5, 5.41) is 20.3. The fraction of sp³-hybridized carbons (Fsp3) is 0.219. The van der Waals surface area contributed by atoms with Gasteiger partial charge in [0.05, 0.1) is 5.41 Å². The van der Waals surface area contributed by atoms with Gasteiger partial charge in [0.1, 0.15) is 11.3 Å². The first kappa shape index (κ1) is 24.3. The number of aromatic carboxylic acids is 1. The lowest BCUT2D eigenvalue weighted by Gasteiger charge is -2.40. The summed E-state index contributed by atoms with van der Waals surface area (Å²) in [5.41, 5.74) is 6.98. The van der Waals surface area contributed by atoms with Crippen LogP contribution in [0.2, 0.25) is 0 Å². The maximum Gasteiger partial charge on any atom is 0.339 e. The molecule has 0 radical (unpaired) electrons.